The normalized spacial score (nSPS) is 21.9. The van der Waals surface area contributed by atoms with Gasteiger partial charge in [-0.05, 0) is 18.6 Å². The molecule has 17 heavy (non-hydrogen) atoms. The maximum Gasteiger partial charge on any atom is 0.305 e. The van der Waals surface area contributed by atoms with Gasteiger partial charge in [0.15, 0.2) is 11.5 Å². The van der Waals surface area contributed by atoms with Crippen molar-refractivity contribution in [3.05, 3.63) is 17.7 Å². The standard InChI is InChI=1S/C11H13NO5/c1-2-11(5-8(14)15)6-3-4-7(13)9(16)10(6)17-12-11/h3-4,12-13,16H,2,5H2,1H3,(H,14,15). The first-order valence-electron chi connectivity index (χ1n) is 5.21. The largest absolute Gasteiger partial charge is 0.504 e. The Bertz CT molecular complexity index is 473. The van der Waals surface area contributed by atoms with Crippen molar-refractivity contribution in [1.82, 2.24) is 5.48 Å². The van der Waals surface area contributed by atoms with Gasteiger partial charge in [0.2, 0.25) is 5.75 Å². The number of hydrogen-bond acceptors (Lipinski definition) is 5. The Morgan fingerprint density at radius 2 is 2.18 bits per heavy atom. The Hall–Kier alpha value is -1.95. The Kier molecular flexibility index (Phi) is 2.59. The van der Waals surface area contributed by atoms with E-state index in [1.165, 1.54) is 6.07 Å². The van der Waals surface area contributed by atoms with Crippen molar-refractivity contribution in [3.63, 3.8) is 0 Å². The molecule has 6 nitrogen and oxygen atoms in total. The summed E-state index contributed by atoms with van der Waals surface area (Å²) in [6.45, 7) is 1.82. The number of rotatable bonds is 3. The second-order valence-corrected chi connectivity index (χ2v) is 4.02. The molecule has 0 aromatic heterocycles. The van der Waals surface area contributed by atoms with E-state index in [4.69, 9.17) is 9.94 Å². The minimum Gasteiger partial charge on any atom is -0.504 e. The summed E-state index contributed by atoms with van der Waals surface area (Å²) >= 11 is 0. The highest BCUT2D eigenvalue weighted by molar-refractivity contribution is 5.70. The number of carboxylic acid groups (broad SMARTS) is 1. The van der Waals surface area contributed by atoms with Crippen molar-refractivity contribution < 1.29 is 25.0 Å². The monoisotopic (exact) mass is 239 g/mol. The number of benzene rings is 1. The minimum absolute atomic E-state index is 0.0908. The zero-order chi connectivity index (χ0) is 12.6. The second kappa shape index (κ2) is 3.81. The molecule has 92 valence electrons. The van der Waals surface area contributed by atoms with Crippen LogP contribution in [-0.2, 0) is 10.3 Å². The lowest BCUT2D eigenvalue weighted by Crippen LogP contribution is -2.40. The van der Waals surface area contributed by atoms with Crippen molar-refractivity contribution in [1.29, 1.82) is 0 Å². The fourth-order valence-electron chi connectivity index (χ4n) is 2.02. The number of carboxylic acids is 1. The van der Waals surface area contributed by atoms with E-state index in [2.05, 4.69) is 5.48 Å². The van der Waals surface area contributed by atoms with Crippen molar-refractivity contribution in [3.8, 4) is 17.2 Å². The van der Waals surface area contributed by atoms with Gasteiger partial charge in [-0.15, -0.1) is 5.48 Å². The molecule has 0 radical (unpaired) electrons. The summed E-state index contributed by atoms with van der Waals surface area (Å²) in [7, 11) is 0. The van der Waals surface area contributed by atoms with Crippen molar-refractivity contribution in [2.45, 2.75) is 25.3 Å². The number of aromatic hydroxyl groups is 2. The number of fused-ring (bicyclic) bond motifs is 1. The average molecular weight is 239 g/mol. The van der Waals surface area contributed by atoms with Gasteiger partial charge in [0.25, 0.3) is 0 Å². The van der Waals surface area contributed by atoms with Crippen LogP contribution < -0.4 is 10.3 Å². The molecule has 0 amide bonds. The lowest BCUT2D eigenvalue weighted by atomic mass is 9.85. The maximum atomic E-state index is 10.9. The van der Waals surface area contributed by atoms with Crippen LogP contribution >= 0.6 is 0 Å². The third-order valence-electron chi connectivity index (χ3n) is 3.03. The van der Waals surface area contributed by atoms with E-state index in [-0.39, 0.29) is 23.7 Å². The summed E-state index contributed by atoms with van der Waals surface area (Å²) in [6.07, 6.45) is 0.317. The first-order valence-corrected chi connectivity index (χ1v) is 5.21. The molecule has 1 aromatic carbocycles. The molecule has 0 saturated carbocycles. The van der Waals surface area contributed by atoms with Gasteiger partial charge >= 0.3 is 5.97 Å². The Morgan fingerprint density at radius 1 is 1.47 bits per heavy atom. The molecular formula is C11H13NO5. The van der Waals surface area contributed by atoms with Gasteiger partial charge in [-0.25, -0.2) is 0 Å². The third kappa shape index (κ3) is 1.66. The summed E-state index contributed by atoms with van der Waals surface area (Å²) in [6, 6.07) is 2.87. The zero-order valence-corrected chi connectivity index (χ0v) is 9.23. The molecule has 1 aliphatic rings. The molecule has 0 bridgehead atoms. The third-order valence-corrected chi connectivity index (χ3v) is 3.03. The molecule has 0 aliphatic carbocycles. The second-order valence-electron chi connectivity index (χ2n) is 4.02. The maximum absolute atomic E-state index is 10.9. The van der Waals surface area contributed by atoms with Crippen molar-refractivity contribution in [2.75, 3.05) is 0 Å². The molecule has 6 heteroatoms. The zero-order valence-electron chi connectivity index (χ0n) is 9.23. The molecule has 1 atom stereocenters. The number of hydrogen-bond donors (Lipinski definition) is 4. The lowest BCUT2D eigenvalue weighted by molar-refractivity contribution is -0.139. The molecule has 0 spiro atoms. The van der Waals surface area contributed by atoms with Crippen LogP contribution in [0, 0.1) is 0 Å². The topological polar surface area (TPSA) is 99.0 Å². The highest BCUT2D eigenvalue weighted by Gasteiger charge is 2.43. The number of aliphatic carboxylic acids is 1. The molecule has 1 aromatic rings. The van der Waals surface area contributed by atoms with Gasteiger partial charge in [-0.2, -0.15) is 0 Å². The van der Waals surface area contributed by atoms with Crippen LogP contribution in [0.2, 0.25) is 0 Å². The van der Waals surface area contributed by atoms with Crippen LogP contribution in [0.15, 0.2) is 12.1 Å². The van der Waals surface area contributed by atoms with E-state index in [9.17, 15) is 15.0 Å². The van der Waals surface area contributed by atoms with E-state index < -0.39 is 11.5 Å². The fourth-order valence-corrected chi connectivity index (χ4v) is 2.02. The van der Waals surface area contributed by atoms with E-state index in [0.29, 0.717) is 12.0 Å². The molecule has 0 fully saturated rings. The van der Waals surface area contributed by atoms with Crippen LogP contribution in [0.4, 0.5) is 0 Å². The van der Waals surface area contributed by atoms with Crippen molar-refractivity contribution >= 4 is 5.97 Å². The van der Waals surface area contributed by atoms with E-state index >= 15 is 0 Å². The number of phenolic OH excluding ortho intramolecular Hbond substituents is 2. The van der Waals surface area contributed by atoms with Crippen molar-refractivity contribution in [2.24, 2.45) is 0 Å². The highest BCUT2D eigenvalue weighted by atomic mass is 16.7. The number of phenols is 2. The Labute approximate surface area is 97.4 Å². The lowest BCUT2D eigenvalue weighted by Gasteiger charge is -2.24. The van der Waals surface area contributed by atoms with Gasteiger partial charge in [-0.3, -0.25) is 4.79 Å². The summed E-state index contributed by atoms with van der Waals surface area (Å²) in [5.74, 6) is -1.56. The summed E-state index contributed by atoms with van der Waals surface area (Å²) in [5, 5.41) is 27.9. The fraction of sp³-hybridized carbons (Fsp3) is 0.364. The summed E-state index contributed by atoms with van der Waals surface area (Å²) in [5.41, 5.74) is 2.30. The van der Waals surface area contributed by atoms with E-state index in [1.807, 2.05) is 6.92 Å². The average Bonchev–Trinajstić information content (AvgIpc) is 2.63. The van der Waals surface area contributed by atoms with Gasteiger partial charge < -0.3 is 20.2 Å². The molecule has 1 heterocycles. The molecule has 2 rings (SSSR count). The van der Waals surface area contributed by atoms with Gasteiger partial charge in [0.1, 0.15) is 0 Å². The van der Waals surface area contributed by atoms with Gasteiger partial charge in [0, 0.05) is 5.56 Å². The minimum atomic E-state index is -0.969. The first kappa shape index (κ1) is 11.5. The number of nitrogens with one attached hydrogen (secondary N) is 1. The van der Waals surface area contributed by atoms with Crippen LogP contribution in [0.25, 0.3) is 0 Å². The predicted octanol–water partition coefficient (Wildman–Crippen LogP) is 1.07. The van der Waals surface area contributed by atoms with E-state index in [1.54, 1.807) is 6.07 Å². The highest BCUT2D eigenvalue weighted by Crippen LogP contribution is 2.48. The first-order chi connectivity index (χ1) is 8.00. The Balaban J connectivity index is 2.51. The quantitative estimate of drug-likeness (QED) is 0.589. The molecule has 4 N–H and O–H groups in total. The van der Waals surface area contributed by atoms with E-state index in [0.717, 1.165) is 0 Å². The molecule has 1 aliphatic heterocycles. The van der Waals surface area contributed by atoms with Crippen LogP contribution in [-0.4, -0.2) is 21.3 Å². The molecule has 0 saturated heterocycles. The van der Waals surface area contributed by atoms with Crippen LogP contribution in [0.1, 0.15) is 25.3 Å². The number of hydroxylamine groups is 1. The summed E-state index contributed by atoms with van der Waals surface area (Å²) < 4.78 is 0. The van der Waals surface area contributed by atoms with Crippen LogP contribution in [0.3, 0.4) is 0 Å². The Morgan fingerprint density at radius 3 is 2.76 bits per heavy atom. The smallest absolute Gasteiger partial charge is 0.305 e. The van der Waals surface area contributed by atoms with Crippen LogP contribution in [0.5, 0.6) is 17.2 Å². The molecule has 1 unspecified atom stereocenters. The predicted molar refractivity (Wildman–Crippen MR) is 57.8 cm³/mol. The van der Waals surface area contributed by atoms with Gasteiger partial charge in [-0.1, -0.05) is 6.92 Å². The summed E-state index contributed by atoms with van der Waals surface area (Å²) in [4.78, 5) is 16.0. The number of carbonyl (C=O) groups is 1. The SMILES string of the molecule is CCC1(CC(=O)O)NOc2c1ccc(O)c2O. The van der Waals surface area contributed by atoms with Gasteiger partial charge in [0.05, 0.1) is 12.0 Å². The molecular weight excluding hydrogens is 226 g/mol.